The molecule has 0 radical (unpaired) electrons. The van der Waals surface area contributed by atoms with Crippen LogP contribution >= 0.6 is 0 Å². The predicted molar refractivity (Wildman–Crippen MR) is 50.8 cm³/mol. The smallest absolute Gasteiger partial charge is 0.193 e. The molecular formula is C11H12O. The van der Waals surface area contributed by atoms with Crippen molar-refractivity contribution >= 4 is 5.78 Å². The zero-order valence-electron chi connectivity index (χ0n) is 7.48. The fraction of sp³-hybridized carbons (Fsp3) is 0.182. The van der Waals surface area contributed by atoms with Gasteiger partial charge >= 0.3 is 0 Å². The minimum Gasteiger partial charge on any atom is -0.289 e. The van der Waals surface area contributed by atoms with Crippen LogP contribution in [-0.2, 0) is 4.79 Å². The summed E-state index contributed by atoms with van der Waals surface area (Å²) in [6.07, 6.45) is 3.58. The summed E-state index contributed by atoms with van der Waals surface area (Å²) in [4.78, 5) is 11.5. The van der Waals surface area contributed by atoms with Crippen LogP contribution in [-0.4, -0.2) is 5.78 Å². The van der Waals surface area contributed by atoms with Crippen LogP contribution in [0.5, 0.6) is 0 Å². The van der Waals surface area contributed by atoms with Crippen LogP contribution < -0.4 is 0 Å². The second-order valence-electron chi connectivity index (χ2n) is 2.90. The van der Waals surface area contributed by atoms with Crippen molar-refractivity contribution in [3.63, 3.8) is 0 Å². The maximum absolute atomic E-state index is 11.5. The molecule has 62 valence electrons. The van der Waals surface area contributed by atoms with Gasteiger partial charge in [-0.05, 0) is 31.1 Å². The molecule has 12 heavy (non-hydrogen) atoms. The van der Waals surface area contributed by atoms with Gasteiger partial charge < -0.3 is 0 Å². The van der Waals surface area contributed by atoms with E-state index < -0.39 is 0 Å². The third-order valence-corrected chi connectivity index (χ3v) is 1.90. The molecule has 1 aliphatic rings. The number of carbonyl (C=O) groups excluding carboxylic acids is 1. The highest BCUT2D eigenvalue weighted by atomic mass is 16.1. The molecule has 0 saturated carbocycles. The molecule has 0 unspecified atom stereocenters. The molecule has 1 heteroatoms. The summed E-state index contributed by atoms with van der Waals surface area (Å²) in [5, 5.41) is 0. The number of hydrogen-bond acceptors (Lipinski definition) is 1. The quantitative estimate of drug-likeness (QED) is 0.539. The van der Waals surface area contributed by atoms with Gasteiger partial charge in [0.2, 0.25) is 0 Å². The zero-order chi connectivity index (χ0) is 9.30. The number of Topliss-reactive ketones (excluding diaryl/α,β-unsaturated/α-hetero) is 1. The van der Waals surface area contributed by atoms with Gasteiger partial charge in [0.25, 0.3) is 0 Å². The minimum atomic E-state index is 0.0509. The Morgan fingerprint density at radius 1 is 1.58 bits per heavy atom. The van der Waals surface area contributed by atoms with E-state index in [0.717, 1.165) is 11.1 Å². The maximum atomic E-state index is 11.5. The van der Waals surface area contributed by atoms with E-state index in [1.807, 2.05) is 13.8 Å². The van der Waals surface area contributed by atoms with Crippen LogP contribution in [0.4, 0.5) is 0 Å². The minimum absolute atomic E-state index is 0.0509. The highest BCUT2D eigenvalue weighted by molar-refractivity contribution is 6.17. The number of carbonyl (C=O) groups is 1. The Hall–Kier alpha value is -1.37. The van der Waals surface area contributed by atoms with Crippen molar-refractivity contribution in [3.8, 4) is 0 Å². The van der Waals surface area contributed by atoms with Gasteiger partial charge in [-0.25, -0.2) is 0 Å². The normalized spacial score (nSPS) is 20.2. The Labute approximate surface area is 72.8 Å². The molecule has 0 saturated heterocycles. The third kappa shape index (κ3) is 1.18. The molecule has 0 aliphatic heterocycles. The topological polar surface area (TPSA) is 17.1 Å². The lowest BCUT2D eigenvalue weighted by molar-refractivity contribution is -0.111. The molecule has 0 atom stereocenters. The molecule has 0 aromatic carbocycles. The van der Waals surface area contributed by atoms with Crippen LogP contribution in [0.2, 0.25) is 0 Å². The number of ketones is 1. The first-order valence-corrected chi connectivity index (χ1v) is 3.85. The van der Waals surface area contributed by atoms with Gasteiger partial charge in [0.05, 0.1) is 0 Å². The first-order valence-electron chi connectivity index (χ1n) is 3.85. The van der Waals surface area contributed by atoms with Gasteiger partial charge in [0.15, 0.2) is 5.78 Å². The molecule has 0 bridgehead atoms. The van der Waals surface area contributed by atoms with Crippen LogP contribution in [0.3, 0.4) is 0 Å². The zero-order valence-corrected chi connectivity index (χ0v) is 7.48. The summed E-state index contributed by atoms with van der Waals surface area (Å²) in [6, 6.07) is 0. The monoisotopic (exact) mass is 160 g/mol. The molecule has 0 fully saturated rings. The lowest BCUT2D eigenvalue weighted by atomic mass is 10.1. The van der Waals surface area contributed by atoms with E-state index in [2.05, 4.69) is 13.2 Å². The summed E-state index contributed by atoms with van der Waals surface area (Å²) in [5.74, 6) is 0.0509. The van der Waals surface area contributed by atoms with Crippen molar-refractivity contribution in [2.75, 3.05) is 0 Å². The number of rotatable bonds is 1. The van der Waals surface area contributed by atoms with Gasteiger partial charge in [-0.3, -0.25) is 4.79 Å². The van der Waals surface area contributed by atoms with Crippen LogP contribution in [0.15, 0.2) is 47.6 Å². The summed E-state index contributed by atoms with van der Waals surface area (Å²) < 4.78 is 0. The maximum Gasteiger partial charge on any atom is 0.193 e. The summed E-state index contributed by atoms with van der Waals surface area (Å²) in [7, 11) is 0. The van der Waals surface area contributed by atoms with E-state index in [1.165, 1.54) is 0 Å². The van der Waals surface area contributed by atoms with E-state index >= 15 is 0 Å². The van der Waals surface area contributed by atoms with Gasteiger partial charge in [-0.2, -0.15) is 0 Å². The van der Waals surface area contributed by atoms with Crippen molar-refractivity contribution in [1.29, 1.82) is 0 Å². The van der Waals surface area contributed by atoms with E-state index in [0.29, 0.717) is 11.1 Å². The fourth-order valence-corrected chi connectivity index (χ4v) is 1.24. The number of allylic oxidation sites excluding steroid dienone is 6. The molecule has 1 nitrogen and oxygen atoms in total. The molecular weight excluding hydrogens is 148 g/mol. The molecule has 0 aromatic rings. The van der Waals surface area contributed by atoms with Crippen molar-refractivity contribution in [1.82, 2.24) is 0 Å². The second-order valence-corrected chi connectivity index (χ2v) is 2.90. The lowest BCUT2D eigenvalue weighted by Crippen LogP contribution is -1.99. The van der Waals surface area contributed by atoms with Crippen molar-refractivity contribution in [2.24, 2.45) is 0 Å². The van der Waals surface area contributed by atoms with Crippen molar-refractivity contribution in [3.05, 3.63) is 47.6 Å². The predicted octanol–water partition coefficient (Wildman–Crippen LogP) is 2.57. The third-order valence-electron chi connectivity index (χ3n) is 1.90. The summed E-state index contributed by atoms with van der Waals surface area (Å²) >= 11 is 0. The molecule has 0 aromatic heterocycles. The summed E-state index contributed by atoms with van der Waals surface area (Å²) in [5.41, 5.74) is 2.99. The molecule has 0 amide bonds. The Balaban J connectivity index is 3.14. The van der Waals surface area contributed by atoms with E-state index in [-0.39, 0.29) is 5.78 Å². The van der Waals surface area contributed by atoms with E-state index in [1.54, 1.807) is 12.2 Å². The lowest BCUT2D eigenvalue weighted by Gasteiger charge is -1.97. The molecule has 0 spiro atoms. The molecule has 0 N–H and O–H groups in total. The first kappa shape index (κ1) is 8.72. The Morgan fingerprint density at radius 3 is 2.42 bits per heavy atom. The molecule has 1 rings (SSSR count). The van der Waals surface area contributed by atoms with Gasteiger partial charge in [-0.15, -0.1) is 0 Å². The first-order chi connectivity index (χ1) is 5.57. The highest BCUT2D eigenvalue weighted by Crippen LogP contribution is 2.28. The van der Waals surface area contributed by atoms with Crippen LogP contribution in [0.1, 0.15) is 13.8 Å². The average molecular weight is 160 g/mol. The summed E-state index contributed by atoms with van der Waals surface area (Å²) in [6.45, 7) is 11.2. The fourth-order valence-electron chi connectivity index (χ4n) is 1.24. The second kappa shape index (κ2) is 2.94. The van der Waals surface area contributed by atoms with Crippen molar-refractivity contribution < 1.29 is 4.79 Å². The van der Waals surface area contributed by atoms with Crippen LogP contribution in [0, 0.1) is 0 Å². The SMILES string of the molecule is C=C(C)C1=CC(=C)/C(=C\C)C1=O. The Morgan fingerprint density at radius 2 is 2.17 bits per heavy atom. The number of hydrogen-bond donors (Lipinski definition) is 0. The van der Waals surface area contributed by atoms with Gasteiger partial charge in [-0.1, -0.05) is 19.2 Å². The largest absolute Gasteiger partial charge is 0.289 e. The standard InChI is InChI=1S/C11H12O/c1-5-9-8(4)6-10(7(2)3)11(9)12/h5-6H,2,4H2,1,3H3/b9-5+. The van der Waals surface area contributed by atoms with E-state index in [4.69, 9.17) is 0 Å². The Bertz CT molecular complexity index is 327. The Kier molecular flexibility index (Phi) is 2.13. The van der Waals surface area contributed by atoms with Crippen LogP contribution in [0.25, 0.3) is 0 Å². The van der Waals surface area contributed by atoms with Gasteiger partial charge in [0, 0.05) is 11.1 Å². The van der Waals surface area contributed by atoms with Crippen molar-refractivity contribution in [2.45, 2.75) is 13.8 Å². The highest BCUT2D eigenvalue weighted by Gasteiger charge is 2.23. The van der Waals surface area contributed by atoms with E-state index in [9.17, 15) is 4.79 Å². The molecule has 0 heterocycles. The van der Waals surface area contributed by atoms with Gasteiger partial charge in [0.1, 0.15) is 0 Å². The molecule has 1 aliphatic carbocycles. The average Bonchev–Trinajstić information content (AvgIpc) is 2.27.